The number of pyridine rings is 1. The number of fused-ring (bicyclic) bond motifs is 1. The molecule has 4 heteroatoms. The number of para-hydroxylation sites is 1. The van der Waals surface area contributed by atoms with Crippen LogP contribution in [0.5, 0.6) is 0 Å². The van der Waals surface area contributed by atoms with Gasteiger partial charge in [0.1, 0.15) is 0 Å². The molecule has 3 rings (SSSR count). The normalized spacial score (nSPS) is 12.4. The molecule has 94 valence electrons. The molecule has 1 unspecified atom stereocenters. The maximum absolute atomic E-state index is 12.6. The van der Waals surface area contributed by atoms with Crippen molar-refractivity contribution in [2.75, 3.05) is 0 Å². The van der Waals surface area contributed by atoms with Gasteiger partial charge in [-0.25, -0.2) is 4.21 Å². The predicted molar refractivity (Wildman–Crippen MR) is 75.7 cm³/mol. The Hall–Kier alpha value is -2.20. The molecule has 0 fully saturated rings. The first kappa shape index (κ1) is 11.9. The molecule has 0 bridgehead atoms. The molecular formula is C15H11NO2S. The molecule has 3 aromatic rings. The van der Waals surface area contributed by atoms with Crippen molar-refractivity contribution >= 4 is 21.7 Å². The Bertz CT molecular complexity index is 809. The first-order valence-corrected chi connectivity index (χ1v) is 6.99. The Morgan fingerprint density at radius 2 is 1.58 bits per heavy atom. The molecule has 0 aliphatic rings. The van der Waals surface area contributed by atoms with E-state index in [1.54, 1.807) is 12.1 Å². The van der Waals surface area contributed by atoms with Crippen molar-refractivity contribution in [2.24, 2.45) is 0 Å². The summed E-state index contributed by atoms with van der Waals surface area (Å²) in [6, 6.07) is 17.9. The molecule has 1 aromatic heterocycles. The summed E-state index contributed by atoms with van der Waals surface area (Å²) >= 11 is 0. The molecule has 0 aliphatic carbocycles. The van der Waals surface area contributed by atoms with Crippen LogP contribution in [0.2, 0.25) is 0 Å². The SMILES string of the molecule is O=c1cc(S(=O)c2ccccc2)c2ccccc2[nH]1. The van der Waals surface area contributed by atoms with Gasteiger partial charge in [0.2, 0.25) is 5.56 Å². The van der Waals surface area contributed by atoms with Gasteiger partial charge < -0.3 is 4.98 Å². The van der Waals surface area contributed by atoms with E-state index < -0.39 is 10.8 Å². The van der Waals surface area contributed by atoms with E-state index in [-0.39, 0.29) is 5.56 Å². The highest BCUT2D eigenvalue weighted by molar-refractivity contribution is 7.85. The highest BCUT2D eigenvalue weighted by Gasteiger charge is 2.11. The smallest absolute Gasteiger partial charge is 0.249 e. The van der Waals surface area contributed by atoms with E-state index in [1.165, 1.54) is 6.07 Å². The van der Waals surface area contributed by atoms with E-state index in [4.69, 9.17) is 0 Å². The summed E-state index contributed by atoms with van der Waals surface area (Å²) in [5.74, 6) is 0. The van der Waals surface area contributed by atoms with Crippen LogP contribution in [0.1, 0.15) is 0 Å². The second-order valence-electron chi connectivity index (χ2n) is 4.13. The summed E-state index contributed by atoms with van der Waals surface area (Å²) in [4.78, 5) is 15.6. The van der Waals surface area contributed by atoms with Crippen LogP contribution in [-0.4, -0.2) is 9.19 Å². The lowest BCUT2D eigenvalue weighted by atomic mass is 10.2. The average Bonchev–Trinajstić information content (AvgIpc) is 2.46. The largest absolute Gasteiger partial charge is 0.322 e. The van der Waals surface area contributed by atoms with Crippen molar-refractivity contribution in [1.29, 1.82) is 0 Å². The van der Waals surface area contributed by atoms with Crippen LogP contribution in [0.25, 0.3) is 10.9 Å². The fourth-order valence-corrected chi connectivity index (χ4v) is 3.25. The standard InChI is InChI=1S/C15H11NO2S/c17-15-10-14(12-8-4-5-9-13(12)16-15)19(18)11-6-2-1-3-7-11/h1-10H,(H,16,17). The maximum Gasteiger partial charge on any atom is 0.249 e. The first-order valence-electron chi connectivity index (χ1n) is 5.84. The quantitative estimate of drug-likeness (QED) is 0.777. The zero-order valence-corrected chi connectivity index (χ0v) is 10.8. The van der Waals surface area contributed by atoms with E-state index in [0.29, 0.717) is 15.3 Å². The van der Waals surface area contributed by atoms with Crippen LogP contribution in [0.4, 0.5) is 0 Å². The van der Waals surface area contributed by atoms with Gasteiger partial charge in [-0.15, -0.1) is 0 Å². The minimum atomic E-state index is -1.35. The van der Waals surface area contributed by atoms with Gasteiger partial charge in [0, 0.05) is 21.9 Å². The Morgan fingerprint density at radius 1 is 0.895 bits per heavy atom. The number of hydrogen-bond donors (Lipinski definition) is 1. The van der Waals surface area contributed by atoms with Crippen LogP contribution in [0.15, 0.2) is 75.2 Å². The zero-order chi connectivity index (χ0) is 13.2. The number of hydrogen-bond acceptors (Lipinski definition) is 2. The third kappa shape index (κ3) is 2.22. The third-order valence-corrected chi connectivity index (χ3v) is 4.31. The zero-order valence-electron chi connectivity index (χ0n) is 10.00. The monoisotopic (exact) mass is 269 g/mol. The highest BCUT2D eigenvalue weighted by Crippen LogP contribution is 2.22. The number of aromatic amines is 1. The number of aromatic nitrogens is 1. The van der Waals surface area contributed by atoms with Gasteiger partial charge in [-0.1, -0.05) is 36.4 Å². The Balaban J connectivity index is 2.26. The molecule has 0 aliphatic heterocycles. The van der Waals surface area contributed by atoms with Gasteiger partial charge in [0.05, 0.1) is 15.7 Å². The number of H-pyrrole nitrogens is 1. The molecular weight excluding hydrogens is 258 g/mol. The fraction of sp³-hybridized carbons (Fsp3) is 0. The summed E-state index contributed by atoms with van der Waals surface area (Å²) in [6.45, 7) is 0. The first-order chi connectivity index (χ1) is 9.25. The second kappa shape index (κ2) is 4.82. The number of benzene rings is 2. The van der Waals surface area contributed by atoms with E-state index in [0.717, 1.165) is 5.39 Å². The van der Waals surface area contributed by atoms with Crippen molar-refractivity contribution in [1.82, 2.24) is 4.98 Å². The fourth-order valence-electron chi connectivity index (χ4n) is 2.00. The summed E-state index contributed by atoms with van der Waals surface area (Å²) in [5.41, 5.74) is 0.465. The summed E-state index contributed by atoms with van der Waals surface area (Å²) in [6.07, 6.45) is 0. The van der Waals surface area contributed by atoms with Crippen LogP contribution in [-0.2, 0) is 10.8 Å². The molecule has 3 nitrogen and oxygen atoms in total. The molecule has 0 spiro atoms. The molecule has 0 saturated heterocycles. The van der Waals surface area contributed by atoms with Crippen LogP contribution < -0.4 is 5.56 Å². The maximum atomic E-state index is 12.6. The molecule has 19 heavy (non-hydrogen) atoms. The molecule has 2 aromatic carbocycles. The summed E-state index contributed by atoms with van der Waals surface area (Å²) in [5, 5.41) is 0.810. The van der Waals surface area contributed by atoms with Crippen molar-refractivity contribution in [2.45, 2.75) is 9.79 Å². The lowest BCUT2D eigenvalue weighted by Gasteiger charge is -2.06. The molecule has 0 amide bonds. The Morgan fingerprint density at radius 3 is 2.37 bits per heavy atom. The molecule has 0 radical (unpaired) electrons. The van der Waals surface area contributed by atoms with Gasteiger partial charge >= 0.3 is 0 Å². The molecule has 1 atom stereocenters. The minimum Gasteiger partial charge on any atom is -0.322 e. The van der Waals surface area contributed by atoms with Gasteiger partial charge in [0.25, 0.3) is 0 Å². The molecule has 1 heterocycles. The van der Waals surface area contributed by atoms with E-state index in [1.807, 2.05) is 42.5 Å². The number of nitrogens with one attached hydrogen (secondary N) is 1. The van der Waals surface area contributed by atoms with Crippen molar-refractivity contribution in [3.05, 3.63) is 71.0 Å². The summed E-state index contributed by atoms with van der Waals surface area (Å²) in [7, 11) is -1.35. The third-order valence-electron chi connectivity index (χ3n) is 2.87. The van der Waals surface area contributed by atoms with Gasteiger partial charge in [-0.05, 0) is 18.2 Å². The Kier molecular flexibility index (Phi) is 3.01. The second-order valence-corrected chi connectivity index (χ2v) is 5.57. The van der Waals surface area contributed by atoms with Gasteiger partial charge in [-0.3, -0.25) is 4.79 Å². The average molecular weight is 269 g/mol. The van der Waals surface area contributed by atoms with Crippen LogP contribution in [0.3, 0.4) is 0 Å². The van der Waals surface area contributed by atoms with Crippen molar-refractivity contribution in [3.8, 4) is 0 Å². The van der Waals surface area contributed by atoms with Crippen LogP contribution in [0, 0.1) is 0 Å². The van der Waals surface area contributed by atoms with Gasteiger partial charge in [0.15, 0.2) is 0 Å². The topological polar surface area (TPSA) is 49.9 Å². The van der Waals surface area contributed by atoms with E-state index in [2.05, 4.69) is 4.98 Å². The lowest BCUT2D eigenvalue weighted by molar-refractivity contribution is 0.683. The van der Waals surface area contributed by atoms with Crippen molar-refractivity contribution in [3.63, 3.8) is 0 Å². The van der Waals surface area contributed by atoms with E-state index >= 15 is 0 Å². The Labute approximate surface area is 112 Å². The highest BCUT2D eigenvalue weighted by atomic mass is 32.2. The van der Waals surface area contributed by atoms with Crippen molar-refractivity contribution < 1.29 is 4.21 Å². The van der Waals surface area contributed by atoms with E-state index in [9.17, 15) is 9.00 Å². The summed E-state index contributed by atoms with van der Waals surface area (Å²) < 4.78 is 12.6. The molecule has 1 N–H and O–H groups in total. The number of rotatable bonds is 2. The van der Waals surface area contributed by atoms with Gasteiger partial charge in [-0.2, -0.15) is 0 Å². The predicted octanol–water partition coefficient (Wildman–Crippen LogP) is 2.69. The minimum absolute atomic E-state index is 0.238. The lowest BCUT2D eigenvalue weighted by Crippen LogP contribution is -2.07. The molecule has 0 saturated carbocycles. The van der Waals surface area contributed by atoms with Crippen LogP contribution >= 0.6 is 0 Å².